The maximum Gasteiger partial charge on any atom is 0.276 e. The maximum atomic E-state index is 13.0. The Balaban J connectivity index is 1.40. The van der Waals surface area contributed by atoms with Crippen molar-refractivity contribution in [1.29, 1.82) is 0 Å². The average molecular weight is 492 g/mol. The quantitative estimate of drug-likeness (QED) is 0.319. The lowest BCUT2D eigenvalue weighted by atomic mass is 10.0. The van der Waals surface area contributed by atoms with E-state index in [1.165, 1.54) is 0 Å². The molecule has 6 rings (SSSR count). The molecule has 1 aliphatic heterocycles. The van der Waals surface area contributed by atoms with Gasteiger partial charge in [-0.1, -0.05) is 30.3 Å². The third-order valence-corrected chi connectivity index (χ3v) is 6.96. The Morgan fingerprint density at radius 1 is 0.811 bits per heavy atom. The molecule has 37 heavy (non-hydrogen) atoms. The van der Waals surface area contributed by atoms with E-state index < -0.39 is 5.56 Å². The van der Waals surface area contributed by atoms with Crippen LogP contribution in [0, 0.1) is 0 Å². The molecule has 0 radical (unpaired) electrons. The van der Waals surface area contributed by atoms with Crippen LogP contribution in [0.2, 0.25) is 0 Å². The Bertz CT molecular complexity index is 1730. The molecule has 184 valence electrons. The van der Waals surface area contributed by atoms with Gasteiger partial charge in [0.05, 0.1) is 22.4 Å². The summed E-state index contributed by atoms with van der Waals surface area (Å²) in [6.45, 7) is 1.52. The van der Waals surface area contributed by atoms with Crippen LogP contribution in [0.15, 0.2) is 71.5 Å². The summed E-state index contributed by atoms with van der Waals surface area (Å²) in [7, 11) is 0. The van der Waals surface area contributed by atoms with E-state index in [0.717, 1.165) is 32.4 Å². The summed E-state index contributed by atoms with van der Waals surface area (Å²) in [4.78, 5) is 51.4. The molecule has 4 N–H and O–H groups in total. The van der Waals surface area contributed by atoms with Crippen LogP contribution in [0.25, 0.3) is 33.3 Å². The number of nitrogen functional groups attached to an aromatic ring is 1. The number of hydrogen-bond acceptors (Lipinski definition) is 5. The normalized spacial score (nSPS) is 13.8. The molecule has 0 spiro atoms. The number of nitrogens with one attached hydrogen (secondary N) is 2. The fraction of sp³-hybridized carbons (Fsp3) is 0.172. The molecule has 0 atom stereocenters. The zero-order chi connectivity index (χ0) is 25.5. The van der Waals surface area contributed by atoms with Crippen LogP contribution in [0.5, 0.6) is 0 Å². The van der Waals surface area contributed by atoms with Gasteiger partial charge in [-0.15, -0.1) is 0 Å². The van der Waals surface area contributed by atoms with Gasteiger partial charge in [-0.05, 0) is 55.7 Å². The van der Waals surface area contributed by atoms with E-state index in [-0.39, 0.29) is 17.4 Å². The summed E-state index contributed by atoms with van der Waals surface area (Å²) < 4.78 is 0. The summed E-state index contributed by atoms with van der Waals surface area (Å²) >= 11 is 0. The molecule has 1 saturated heterocycles. The number of rotatable bonds is 4. The van der Waals surface area contributed by atoms with Gasteiger partial charge in [0.25, 0.3) is 11.5 Å². The Morgan fingerprint density at radius 2 is 1.54 bits per heavy atom. The molecule has 3 aromatic carbocycles. The average Bonchev–Trinajstić information content (AvgIpc) is 3.27. The van der Waals surface area contributed by atoms with Gasteiger partial charge in [0, 0.05) is 40.7 Å². The van der Waals surface area contributed by atoms with Gasteiger partial charge in [0.15, 0.2) is 11.5 Å². The SMILES string of the molecule is Nc1c(-c2nc3cc(C(=O)c4ccccc4)ccc3[nH]c2=O)[nH]c2ccc(C(=O)N3CCCCC3)cc12. The molecule has 5 aromatic rings. The first-order chi connectivity index (χ1) is 18.0. The topological polar surface area (TPSA) is 125 Å². The number of nitrogens with two attached hydrogens (primary N) is 1. The summed E-state index contributed by atoms with van der Waals surface area (Å²) in [5, 5.41) is 0.659. The van der Waals surface area contributed by atoms with Crippen LogP contribution in [0.3, 0.4) is 0 Å². The van der Waals surface area contributed by atoms with E-state index in [1.54, 1.807) is 48.5 Å². The van der Waals surface area contributed by atoms with Gasteiger partial charge in [0.2, 0.25) is 0 Å². The number of piperidine rings is 1. The number of carbonyl (C=O) groups excluding carboxylic acids is 2. The molecule has 1 amide bonds. The van der Waals surface area contributed by atoms with Gasteiger partial charge in [-0.25, -0.2) is 4.98 Å². The van der Waals surface area contributed by atoms with Crippen molar-refractivity contribution in [2.45, 2.75) is 19.3 Å². The Kier molecular flexibility index (Phi) is 5.56. The van der Waals surface area contributed by atoms with Gasteiger partial charge in [-0.3, -0.25) is 14.4 Å². The molecular weight excluding hydrogens is 466 g/mol. The molecular formula is C29H25N5O3. The van der Waals surface area contributed by atoms with Crippen molar-refractivity contribution in [3.63, 3.8) is 0 Å². The van der Waals surface area contributed by atoms with Crippen molar-refractivity contribution in [2.24, 2.45) is 0 Å². The first-order valence-electron chi connectivity index (χ1n) is 12.3. The standard InChI is InChI=1S/C29H25N5O3/c30-24-20-15-19(29(37)34-13-5-2-6-14-34)10-11-21(20)31-25(24)26-28(36)33-22-12-9-18(16-23(22)32-26)27(35)17-7-3-1-4-8-17/h1,3-4,7-12,15-16,31H,2,5-6,13-14,30H2,(H,33,36). The number of ketones is 1. The lowest BCUT2D eigenvalue weighted by Gasteiger charge is -2.26. The summed E-state index contributed by atoms with van der Waals surface area (Å²) in [6, 6.07) is 19.4. The predicted molar refractivity (Wildman–Crippen MR) is 144 cm³/mol. The lowest BCUT2D eigenvalue weighted by Crippen LogP contribution is -2.35. The number of fused-ring (bicyclic) bond motifs is 2. The van der Waals surface area contributed by atoms with Gasteiger partial charge in [-0.2, -0.15) is 0 Å². The van der Waals surface area contributed by atoms with E-state index in [0.29, 0.717) is 50.0 Å². The molecule has 2 aromatic heterocycles. The second kappa shape index (κ2) is 9.05. The van der Waals surface area contributed by atoms with Crippen molar-refractivity contribution in [1.82, 2.24) is 19.9 Å². The van der Waals surface area contributed by atoms with E-state index in [2.05, 4.69) is 15.0 Å². The van der Waals surface area contributed by atoms with E-state index >= 15 is 0 Å². The minimum Gasteiger partial charge on any atom is -0.396 e. The molecule has 0 saturated carbocycles. The number of H-pyrrole nitrogens is 2. The largest absolute Gasteiger partial charge is 0.396 e. The Morgan fingerprint density at radius 3 is 2.32 bits per heavy atom. The fourth-order valence-electron chi connectivity index (χ4n) is 4.96. The highest BCUT2D eigenvalue weighted by molar-refractivity contribution is 6.10. The number of aromatic nitrogens is 3. The van der Waals surface area contributed by atoms with Crippen molar-refractivity contribution in [3.05, 3.63) is 93.8 Å². The molecule has 1 aliphatic rings. The summed E-state index contributed by atoms with van der Waals surface area (Å²) in [5.74, 6) is -0.144. The van der Waals surface area contributed by atoms with Crippen LogP contribution < -0.4 is 11.3 Å². The molecule has 1 fully saturated rings. The highest BCUT2D eigenvalue weighted by Crippen LogP contribution is 2.32. The molecule has 0 aliphatic carbocycles. The predicted octanol–water partition coefficient (Wildman–Crippen LogP) is 4.51. The number of nitrogens with zero attached hydrogens (tertiary/aromatic N) is 2. The van der Waals surface area contributed by atoms with Gasteiger partial charge >= 0.3 is 0 Å². The van der Waals surface area contributed by atoms with Gasteiger partial charge < -0.3 is 20.6 Å². The minimum atomic E-state index is -0.405. The number of hydrogen-bond donors (Lipinski definition) is 3. The van der Waals surface area contributed by atoms with Crippen LogP contribution in [-0.2, 0) is 0 Å². The highest BCUT2D eigenvalue weighted by Gasteiger charge is 2.21. The van der Waals surface area contributed by atoms with Crippen molar-refractivity contribution < 1.29 is 9.59 Å². The first kappa shape index (κ1) is 22.7. The van der Waals surface area contributed by atoms with Crippen molar-refractivity contribution in [2.75, 3.05) is 18.8 Å². The smallest absolute Gasteiger partial charge is 0.276 e. The second-order valence-electron chi connectivity index (χ2n) is 9.37. The highest BCUT2D eigenvalue weighted by atomic mass is 16.2. The minimum absolute atomic E-state index is 0.0129. The maximum absolute atomic E-state index is 13.0. The zero-order valence-electron chi connectivity index (χ0n) is 20.1. The van der Waals surface area contributed by atoms with Crippen LogP contribution in [0.4, 0.5) is 5.69 Å². The Hall–Kier alpha value is -4.72. The second-order valence-corrected chi connectivity index (χ2v) is 9.37. The zero-order valence-corrected chi connectivity index (χ0v) is 20.1. The summed E-state index contributed by atoms with van der Waals surface area (Å²) in [5.41, 5.74) is 10.2. The molecule has 3 heterocycles. The van der Waals surface area contributed by atoms with Crippen LogP contribution in [0.1, 0.15) is 45.5 Å². The molecule has 8 heteroatoms. The molecule has 0 unspecified atom stereocenters. The van der Waals surface area contributed by atoms with E-state index in [9.17, 15) is 14.4 Å². The summed E-state index contributed by atoms with van der Waals surface area (Å²) in [6.07, 6.45) is 3.17. The lowest BCUT2D eigenvalue weighted by molar-refractivity contribution is 0.0724. The van der Waals surface area contributed by atoms with Crippen molar-refractivity contribution >= 4 is 39.3 Å². The monoisotopic (exact) mass is 491 g/mol. The van der Waals surface area contributed by atoms with Gasteiger partial charge in [0.1, 0.15) is 0 Å². The van der Waals surface area contributed by atoms with Crippen LogP contribution in [-0.4, -0.2) is 44.6 Å². The number of carbonyl (C=O) groups is 2. The third-order valence-electron chi connectivity index (χ3n) is 6.96. The van der Waals surface area contributed by atoms with E-state index in [1.807, 2.05) is 23.1 Å². The molecule has 8 nitrogen and oxygen atoms in total. The number of benzene rings is 3. The van der Waals surface area contributed by atoms with E-state index in [4.69, 9.17) is 5.73 Å². The number of amides is 1. The number of likely N-dealkylation sites (tertiary alicyclic amines) is 1. The Labute approximate surface area is 212 Å². The molecule has 0 bridgehead atoms. The first-order valence-corrected chi connectivity index (χ1v) is 12.3. The van der Waals surface area contributed by atoms with Crippen LogP contribution >= 0.6 is 0 Å². The van der Waals surface area contributed by atoms with Crippen molar-refractivity contribution in [3.8, 4) is 11.4 Å². The fourth-order valence-corrected chi connectivity index (χ4v) is 4.96. The number of anilines is 1. The number of aromatic amines is 2. The third kappa shape index (κ3) is 4.06.